The van der Waals surface area contributed by atoms with Crippen LogP contribution in [-0.4, -0.2) is 46.0 Å². The van der Waals surface area contributed by atoms with E-state index in [4.69, 9.17) is 0 Å². The molecule has 2 unspecified atom stereocenters. The van der Waals surface area contributed by atoms with Crippen molar-refractivity contribution in [3.8, 4) is 0 Å². The lowest BCUT2D eigenvalue weighted by molar-refractivity contribution is 0.564. The Hall–Kier alpha value is -0.830. The monoisotopic (exact) mass is 451 g/mol. The van der Waals surface area contributed by atoms with Crippen LogP contribution in [0.4, 0.5) is 0 Å². The van der Waals surface area contributed by atoms with Gasteiger partial charge < -0.3 is 10.6 Å². The molecule has 7 heteroatoms. The van der Waals surface area contributed by atoms with Crippen molar-refractivity contribution in [3.63, 3.8) is 0 Å². The van der Waals surface area contributed by atoms with Crippen LogP contribution in [0, 0.1) is 0 Å². The predicted molar refractivity (Wildman–Crippen MR) is 107 cm³/mol. The molecule has 130 valence electrons. The van der Waals surface area contributed by atoms with E-state index in [1.54, 1.807) is 7.05 Å². The third-order valence-electron chi connectivity index (χ3n) is 4.01. The van der Waals surface area contributed by atoms with Gasteiger partial charge in [0.05, 0.1) is 5.75 Å². The van der Waals surface area contributed by atoms with Gasteiger partial charge in [0.1, 0.15) is 9.84 Å². The van der Waals surface area contributed by atoms with Crippen molar-refractivity contribution < 1.29 is 8.42 Å². The minimum Gasteiger partial charge on any atom is -0.356 e. The molecule has 0 bridgehead atoms. The molecule has 0 aromatic heterocycles. The summed E-state index contributed by atoms with van der Waals surface area (Å²) in [6.45, 7) is 2.81. The molecule has 1 aromatic carbocycles. The normalized spacial score (nSPS) is 18.2. The van der Waals surface area contributed by atoms with Crippen LogP contribution >= 0.6 is 24.0 Å². The zero-order chi connectivity index (χ0) is 16.2. The molecule has 0 amide bonds. The fourth-order valence-corrected chi connectivity index (χ4v) is 3.44. The molecule has 2 rings (SSSR count). The van der Waals surface area contributed by atoms with Crippen molar-refractivity contribution in [1.29, 1.82) is 0 Å². The Morgan fingerprint density at radius 1 is 1.39 bits per heavy atom. The molecule has 1 aliphatic carbocycles. The van der Waals surface area contributed by atoms with Gasteiger partial charge in [0, 0.05) is 31.8 Å². The minimum atomic E-state index is -2.92. The molecule has 1 aromatic rings. The number of nitrogens with one attached hydrogen (secondary N) is 2. The van der Waals surface area contributed by atoms with Gasteiger partial charge in [-0.15, -0.1) is 24.0 Å². The number of rotatable bonds is 6. The van der Waals surface area contributed by atoms with Crippen molar-refractivity contribution in [2.75, 3.05) is 25.6 Å². The van der Waals surface area contributed by atoms with Crippen molar-refractivity contribution in [2.45, 2.75) is 31.7 Å². The Bertz CT molecular complexity index is 646. The van der Waals surface area contributed by atoms with Crippen LogP contribution in [0.2, 0.25) is 0 Å². The highest BCUT2D eigenvalue weighted by Crippen LogP contribution is 2.33. The molecule has 0 heterocycles. The van der Waals surface area contributed by atoms with E-state index in [-0.39, 0.29) is 35.8 Å². The van der Waals surface area contributed by atoms with E-state index in [1.807, 2.05) is 6.92 Å². The predicted octanol–water partition coefficient (Wildman–Crippen LogP) is 1.93. The van der Waals surface area contributed by atoms with Gasteiger partial charge in [-0.1, -0.05) is 24.3 Å². The molecule has 23 heavy (non-hydrogen) atoms. The van der Waals surface area contributed by atoms with Gasteiger partial charge in [-0.2, -0.15) is 0 Å². The third kappa shape index (κ3) is 6.29. The number of hydrogen-bond acceptors (Lipinski definition) is 3. The summed E-state index contributed by atoms with van der Waals surface area (Å²) in [7, 11) is -1.19. The average molecular weight is 451 g/mol. The minimum absolute atomic E-state index is 0. The van der Waals surface area contributed by atoms with E-state index >= 15 is 0 Å². The number of sulfone groups is 1. The summed E-state index contributed by atoms with van der Waals surface area (Å²) in [5.41, 5.74) is 2.84. The topological polar surface area (TPSA) is 70.6 Å². The average Bonchev–Trinajstić information content (AvgIpc) is 2.44. The zero-order valence-corrected chi connectivity index (χ0v) is 17.0. The maximum Gasteiger partial charge on any atom is 0.191 e. The second-order valence-corrected chi connectivity index (χ2v) is 8.28. The van der Waals surface area contributed by atoms with Crippen molar-refractivity contribution >= 4 is 39.8 Å². The lowest BCUT2D eigenvalue weighted by atomic mass is 9.78. The highest BCUT2D eigenvalue weighted by atomic mass is 127. The SMILES string of the molecule is CN=C(NCC1Cc2ccccc21)NC(C)CCS(C)(=O)=O.I. The van der Waals surface area contributed by atoms with E-state index in [9.17, 15) is 8.42 Å². The lowest BCUT2D eigenvalue weighted by Crippen LogP contribution is -2.45. The summed E-state index contributed by atoms with van der Waals surface area (Å²) in [4.78, 5) is 4.20. The number of hydrogen-bond donors (Lipinski definition) is 2. The van der Waals surface area contributed by atoms with Crippen LogP contribution in [0.1, 0.15) is 30.4 Å². The van der Waals surface area contributed by atoms with Gasteiger partial charge in [0.15, 0.2) is 5.96 Å². The molecule has 5 nitrogen and oxygen atoms in total. The molecule has 2 atom stereocenters. The highest BCUT2D eigenvalue weighted by Gasteiger charge is 2.25. The van der Waals surface area contributed by atoms with E-state index in [0.717, 1.165) is 18.9 Å². The van der Waals surface area contributed by atoms with Gasteiger partial charge in [0.25, 0.3) is 0 Å². The van der Waals surface area contributed by atoms with Crippen LogP contribution in [0.25, 0.3) is 0 Å². The first-order valence-electron chi connectivity index (χ1n) is 7.61. The van der Waals surface area contributed by atoms with Crippen LogP contribution < -0.4 is 10.6 Å². The molecule has 0 fully saturated rings. The Labute approximate surface area is 156 Å². The fraction of sp³-hybridized carbons (Fsp3) is 0.562. The Morgan fingerprint density at radius 3 is 2.70 bits per heavy atom. The van der Waals surface area contributed by atoms with Gasteiger partial charge >= 0.3 is 0 Å². The molecule has 0 aliphatic heterocycles. The van der Waals surface area contributed by atoms with Gasteiger partial charge in [-0.05, 0) is 30.9 Å². The van der Waals surface area contributed by atoms with E-state index in [0.29, 0.717) is 12.3 Å². The fourth-order valence-electron chi connectivity index (χ4n) is 2.66. The second kappa shape index (κ2) is 8.86. The quantitative estimate of drug-likeness (QED) is 0.394. The number of fused-ring (bicyclic) bond motifs is 1. The number of benzene rings is 1. The molecule has 0 saturated heterocycles. The molecule has 2 N–H and O–H groups in total. The van der Waals surface area contributed by atoms with E-state index in [1.165, 1.54) is 17.4 Å². The molecule has 0 saturated carbocycles. The Balaban J connectivity index is 0.00000264. The summed E-state index contributed by atoms with van der Waals surface area (Å²) in [6, 6.07) is 8.56. The molecular weight excluding hydrogens is 425 g/mol. The van der Waals surface area contributed by atoms with Crippen molar-refractivity contribution in [3.05, 3.63) is 35.4 Å². The summed E-state index contributed by atoms with van der Waals surface area (Å²) < 4.78 is 22.4. The molecule has 0 radical (unpaired) electrons. The maximum absolute atomic E-state index is 11.2. The van der Waals surface area contributed by atoms with Gasteiger partial charge in [0.2, 0.25) is 0 Å². The first-order chi connectivity index (χ1) is 10.4. The smallest absolute Gasteiger partial charge is 0.191 e. The van der Waals surface area contributed by atoms with Crippen molar-refractivity contribution in [2.24, 2.45) is 4.99 Å². The largest absolute Gasteiger partial charge is 0.356 e. The maximum atomic E-state index is 11.2. The Kier molecular flexibility index (Phi) is 7.79. The summed E-state index contributed by atoms with van der Waals surface area (Å²) in [5, 5.41) is 6.57. The number of aliphatic imine (C=N–C) groups is 1. The molecule has 0 spiro atoms. The second-order valence-electron chi connectivity index (χ2n) is 6.02. The van der Waals surface area contributed by atoms with Crippen LogP contribution in [0.3, 0.4) is 0 Å². The van der Waals surface area contributed by atoms with E-state index in [2.05, 4.69) is 39.9 Å². The van der Waals surface area contributed by atoms with Crippen molar-refractivity contribution in [1.82, 2.24) is 10.6 Å². The first-order valence-corrected chi connectivity index (χ1v) is 9.68. The summed E-state index contributed by atoms with van der Waals surface area (Å²) in [6.07, 6.45) is 2.94. The summed E-state index contributed by atoms with van der Waals surface area (Å²) >= 11 is 0. The van der Waals surface area contributed by atoms with Crippen LogP contribution in [0.5, 0.6) is 0 Å². The van der Waals surface area contributed by atoms with Crippen LogP contribution in [-0.2, 0) is 16.3 Å². The third-order valence-corrected chi connectivity index (χ3v) is 4.98. The van der Waals surface area contributed by atoms with Crippen LogP contribution in [0.15, 0.2) is 29.3 Å². The van der Waals surface area contributed by atoms with Gasteiger partial charge in [-0.3, -0.25) is 4.99 Å². The highest BCUT2D eigenvalue weighted by molar-refractivity contribution is 14.0. The first kappa shape index (κ1) is 20.2. The number of halogens is 1. The molecular formula is C16H26IN3O2S. The standard InChI is InChI=1S/C16H25N3O2S.HI/c1-12(8-9-22(3,20)21)19-16(17-2)18-11-14-10-13-6-4-5-7-15(13)14;/h4-7,12,14H,8-11H2,1-3H3,(H2,17,18,19);1H. The zero-order valence-electron chi connectivity index (χ0n) is 13.9. The Morgan fingerprint density at radius 2 is 2.09 bits per heavy atom. The number of guanidine groups is 1. The summed E-state index contributed by atoms with van der Waals surface area (Å²) in [5.74, 6) is 1.44. The number of nitrogens with zero attached hydrogens (tertiary/aromatic N) is 1. The lowest BCUT2D eigenvalue weighted by Gasteiger charge is -2.31. The molecule has 1 aliphatic rings. The van der Waals surface area contributed by atoms with E-state index < -0.39 is 9.84 Å². The van der Waals surface area contributed by atoms with Gasteiger partial charge in [-0.25, -0.2) is 8.42 Å².